The number of carbonyl (C=O) groups is 1. The highest BCUT2D eigenvalue weighted by Gasteiger charge is 1.83. The zero-order valence-electron chi connectivity index (χ0n) is 6.22. The quantitative estimate of drug-likeness (QED) is 0.520. The lowest BCUT2D eigenvalue weighted by Crippen LogP contribution is -2.10. The molecule has 0 aromatic carbocycles. The maximum Gasteiger partial charge on any atom is 0.152 e. The molecule has 0 fully saturated rings. The second-order valence-corrected chi connectivity index (χ2v) is 2.28. The Morgan fingerprint density at radius 3 is 2.44 bits per heavy atom. The van der Waals surface area contributed by atoms with E-state index in [0.29, 0.717) is 0 Å². The molecule has 0 saturated carbocycles. The van der Waals surface area contributed by atoms with Crippen molar-refractivity contribution < 1.29 is 4.79 Å². The Morgan fingerprint density at radius 1 is 1.56 bits per heavy atom. The summed E-state index contributed by atoms with van der Waals surface area (Å²) in [7, 11) is 3.93. The Kier molecular flexibility index (Phi) is 3.97. The van der Waals surface area contributed by atoms with Gasteiger partial charge < -0.3 is 4.90 Å². The second kappa shape index (κ2) is 4.27. The molecule has 2 nitrogen and oxygen atoms in total. The minimum absolute atomic E-state index is 0.108. The molecule has 0 aliphatic rings. The molecule has 0 saturated heterocycles. The van der Waals surface area contributed by atoms with E-state index < -0.39 is 0 Å². The lowest BCUT2D eigenvalue weighted by molar-refractivity contribution is -0.112. The first-order chi connectivity index (χ1) is 4.13. The number of hydrogen-bond donors (Lipinski definition) is 0. The minimum atomic E-state index is 0.108. The maximum absolute atomic E-state index is 10.3. The van der Waals surface area contributed by atoms with Crippen LogP contribution in [0.2, 0.25) is 0 Å². The predicted molar refractivity (Wildman–Crippen MR) is 38.4 cm³/mol. The summed E-state index contributed by atoms with van der Waals surface area (Å²) in [6.45, 7) is 2.38. The average molecular weight is 127 g/mol. The van der Waals surface area contributed by atoms with E-state index in [0.717, 1.165) is 6.54 Å². The lowest BCUT2D eigenvalue weighted by atomic mass is 10.4. The van der Waals surface area contributed by atoms with E-state index in [1.54, 1.807) is 13.0 Å². The number of rotatable bonds is 3. The summed E-state index contributed by atoms with van der Waals surface area (Å²) in [6.07, 6.45) is 3.43. The summed E-state index contributed by atoms with van der Waals surface area (Å²) in [6, 6.07) is 0. The summed E-state index contributed by atoms with van der Waals surface area (Å²) in [5.74, 6) is 0.108. The van der Waals surface area contributed by atoms with Crippen molar-refractivity contribution in [3.8, 4) is 0 Å². The summed E-state index contributed by atoms with van der Waals surface area (Å²) in [5.41, 5.74) is 0. The van der Waals surface area contributed by atoms with Crippen molar-refractivity contribution in [3.63, 3.8) is 0 Å². The Hall–Kier alpha value is -0.630. The third-order valence-electron chi connectivity index (χ3n) is 0.823. The van der Waals surface area contributed by atoms with Crippen molar-refractivity contribution >= 4 is 5.78 Å². The molecule has 0 N–H and O–H groups in total. The fourth-order valence-electron chi connectivity index (χ4n) is 0.429. The lowest BCUT2D eigenvalue weighted by Gasteiger charge is -2.02. The minimum Gasteiger partial charge on any atom is -0.306 e. The molecule has 9 heavy (non-hydrogen) atoms. The molecule has 0 radical (unpaired) electrons. The zero-order valence-corrected chi connectivity index (χ0v) is 6.22. The molecule has 0 aromatic heterocycles. The van der Waals surface area contributed by atoms with Crippen LogP contribution in [0.5, 0.6) is 0 Å². The SMILES string of the molecule is CC(=O)/C=C\CN(C)C. The topological polar surface area (TPSA) is 20.3 Å². The molecule has 2 heteroatoms. The van der Waals surface area contributed by atoms with Crippen molar-refractivity contribution in [1.82, 2.24) is 4.90 Å². The van der Waals surface area contributed by atoms with Crippen LogP contribution in [0, 0.1) is 0 Å². The molecule has 0 atom stereocenters. The predicted octanol–water partition coefficient (Wildman–Crippen LogP) is 0.693. The van der Waals surface area contributed by atoms with Gasteiger partial charge in [0.15, 0.2) is 5.78 Å². The van der Waals surface area contributed by atoms with Crippen LogP contribution < -0.4 is 0 Å². The monoisotopic (exact) mass is 127 g/mol. The van der Waals surface area contributed by atoms with Gasteiger partial charge in [-0.3, -0.25) is 4.79 Å². The van der Waals surface area contributed by atoms with Gasteiger partial charge in [0.2, 0.25) is 0 Å². The largest absolute Gasteiger partial charge is 0.306 e. The highest BCUT2D eigenvalue weighted by molar-refractivity contribution is 5.87. The van der Waals surface area contributed by atoms with E-state index in [9.17, 15) is 4.79 Å². The van der Waals surface area contributed by atoms with Crippen LogP contribution in [0.1, 0.15) is 6.92 Å². The molecular weight excluding hydrogens is 114 g/mol. The fraction of sp³-hybridized carbons (Fsp3) is 0.571. The smallest absolute Gasteiger partial charge is 0.152 e. The van der Waals surface area contributed by atoms with Crippen LogP contribution in [-0.4, -0.2) is 31.3 Å². The summed E-state index contributed by atoms with van der Waals surface area (Å²) in [5, 5.41) is 0. The molecular formula is C7H13NO. The molecule has 0 amide bonds. The van der Waals surface area contributed by atoms with Gasteiger partial charge in [0.05, 0.1) is 0 Å². The van der Waals surface area contributed by atoms with Gasteiger partial charge in [0.1, 0.15) is 0 Å². The maximum atomic E-state index is 10.3. The van der Waals surface area contributed by atoms with Gasteiger partial charge in [-0.15, -0.1) is 0 Å². The summed E-state index contributed by atoms with van der Waals surface area (Å²) in [4.78, 5) is 12.3. The van der Waals surface area contributed by atoms with Gasteiger partial charge >= 0.3 is 0 Å². The zero-order chi connectivity index (χ0) is 7.28. The van der Waals surface area contributed by atoms with Crippen molar-refractivity contribution in [2.45, 2.75) is 6.92 Å². The molecule has 0 unspecified atom stereocenters. The van der Waals surface area contributed by atoms with Crippen molar-refractivity contribution in [2.24, 2.45) is 0 Å². The van der Waals surface area contributed by atoms with Crippen molar-refractivity contribution in [2.75, 3.05) is 20.6 Å². The van der Waals surface area contributed by atoms with E-state index in [-0.39, 0.29) is 5.78 Å². The van der Waals surface area contributed by atoms with Crippen LogP contribution in [0.15, 0.2) is 12.2 Å². The molecule has 0 aromatic rings. The first-order valence-electron chi connectivity index (χ1n) is 2.95. The normalized spacial score (nSPS) is 11.1. The number of nitrogens with zero attached hydrogens (tertiary/aromatic N) is 1. The number of hydrogen-bond acceptors (Lipinski definition) is 2. The van der Waals surface area contributed by atoms with Crippen LogP contribution >= 0.6 is 0 Å². The van der Waals surface area contributed by atoms with Gasteiger partial charge in [-0.25, -0.2) is 0 Å². The molecule has 0 aliphatic carbocycles. The van der Waals surface area contributed by atoms with Crippen LogP contribution in [0.25, 0.3) is 0 Å². The second-order valence-electron chi connectivity index (χ2n) is 2.28. The van der Waals surface area contributed by atoms with Gasteiger partial charge in [-0.2, -0.15) is 0 Å². The van der Waals surface area contributed by atoms with Gasteiger partial charge in [-0.05, 0) is 27.1 Å². The van der Waals surface area contributed by atoms with Gasteiger partial charge in [-0.1, -0.05) is 6.08 Å². The van der Waals surface area contributed by atoms with E-state index in [1.807, 2.05) is 25.1 Å². The van der Waals surface area contributed by atoms with E-state index in [2.05, 4.69) is 0 Å². The highest BCUT2D eigenvalue weighted by Crippen LogP contribution is 1.77. The Bertz CT molecular complexity index is 116. The van der Waals surface area contributed by atoms with E-state index >= 15 is 0 Å². The van der Waals surface area contributed by atoms with E-state index in [1.165, 1.54) is 0 Å². The van der Waals surface area contributed by atoms with Gasteiger partial charge in [0.25, 0.3) is 0 Å². The summed E-state index contributed by atoms with van der Waals surface area (Å²) >= 11 is 0. The van der Waals surface area contributed by atoms with Crippen molar-refractivity contribution in [3.05, 3.63) is 12.2 Å². The van der Waals surface area contributed by atoms with Crippen LogP contribution in [0.4, 0.5) is 0 Å². The Balaban J connectivity index is 3.36. The molecule has 0 bridgehead atoms. The first-order valence-corrected chi connectivity index (χ1v) is 2.95. The third-order valence-corrected chi connectivity index (χ3v) is 0.823. The molecule has 52 valence electrons. The van der Waals surface area contributed by atoms with E-state index in [4.69, 9.17) is 0 Å². The number of ketones is 1. The van der Waals surface area contributed by atoms with Crippen LogP contribution in [0.3, 0.4) is 0 Å². The van der Waals surface area contributed by atoms with Crippen molar-refractivity contribution in [1.29, 1.82) is 0 Å². The Morgan fingerprint density at radius 2 is 2.11 bits per heavy atom. The average Bonchev–Trinajstić information content (AvgIpc) is 1.63. The molecule has 0 spiro atoms. The first kappa shape index (κ1) is 8.37. The number of carbonyl (C=O) groups excluding carboxylic acids is 1. The molecule has 0 aliphatic heterocycles. The Labute approximate surface area is 56.2 Å². The van der Waals surface area contributed by atoms with Gasteiger partial charge in [0, 0.05) is 6.54 Å². The standard InChI is InChI=1S/C7H13NO/c1-7(9)5-4-6-8(2)3/h4-5H,6H2,1-3H3/b5-4-. The number of likely N-dealkylation sites (N-methyl/N-ethyl adjacent to an activating group) is 1. The number of allylic oxidation sites excluding steroid dienone is 1. The highest BCUT2D eigenvalue weighted by atomic mass is 16.1. The molecule has 0 heterocycles. The third kappa shape index (κ3) is 7.37. The molecule has 0 rings (SSSR count). The summed E-state index contributed by atoms with van der Waals surface area (Å²) < 4.78 is 0. The van der Waals surface area contributed by atoms with Crippen LogP contribution in [-0.2, 0) is 4.79 Å². The fourth-order valence-corrected chi connectivity index (χ4v) is 0.429.